The lowest BCUT2D eigenvalue weighted by Gasteiger charge is -2.40. The lowest BCUT2D eigenvalue weighted by Crippen LogP contribution is -2.59. The highest BCUT2D eigenvalue weighted by atomic mass is 32.2. The van der Waals surface area contributed by atoms with E-state index in [9.17, 15) is 0 Å². The van der Waals surface area contributed by atoms with Crippen LogP contribution in [0, 0.1) is 0 Å². The highest BCUT2D eigenvalue weighted by Crippen LogP contribution is 2.55. The molecule has 4 nitrogen and oxygen atoms in total. The predicted molar refractivity (Wildman–Crippen MR) is 402 cm³/mol. The zero-order valence-corrected chi connectivity index (χ0v) is 53.4. The number of nitrogens with zero attached hydrogens (tertiary/aromatic N) is 4. The van der Waals surface area contributed by atoms with Crippen LogP contribution in [-0.2, 0) is 5.41 Å². The number of fused-ring (bicyclic) bond motifs is 24. The third-order valence-electron chi connectivity index (χ3n) is 23.7. The fourth-order valence-corrected chi connectivity index (χ4v) is 21.4. The van der Waals surface area contributed by atoms with Crippen molar-refractivity contribution in [3.05, 3.63) is 324 Å². The summed E-state index contributed by atoms with van der Waals surface area (Å²) in [5.74, 6) is -0.0395. The van der Waals surface area contributed by atoms with Crippen molar-refractivity contribution in [1.82, 2.24) is 18.3 Å². The molecule has 0 amide bonds. The maximum Gasteiger partial charge on any atom is 0.252 e. The van der Waals surface area contributed by atoms with E-state index in [1.54, 1.807) is 0 Å². The van der Waals surface area contributed by atoms with Crippen molar-refractivity contribution in [2.75, 3.05) is 0 Å². The SMILES string of the molecule is CC1(C)c2ccccc2C(c2cc3c4c(c2)-n2c5ccccc5c5cc(-c6cccc7c6Sc6ccccc6C7c6cc7c8c(c6)-n6c9ccccc9c9cccc(c96)B8c6cccc8c9ccccc9n-7c68)cc(c52)B4c2cccc4c5ccccc5n-3c24)c2ccccc21. The summed E-state index contributed by atoms with van der Waals surface area (Å²) >= 11 is 1.96. The molecule has 1 unspecified atom stereocenters. The monoisotopic (exact) mass is 1230 g/mol. The van der Waals surface area contributed by atoms with Gasteiger partial charge in [0.2, 0.25) is 0 Å². The van der Waals surface area contributed by atoms with Crippen LogP contribution >= 0.6 is 11.8 Å². The van der Waals surface area contributed by atoms with Gasteiger partial charge in [-0.3, -0.25) is 0 Å². The second kappa shape index (κ2) is 17.8. The van der Waals surface area contributed by atoms with Crippen molar-refractivity contribution in [1.29, 1.82) is 0 Å². The molecular weight excluding hydrogens is 1180 g/mol. The summed E-state index contributed by atoms with van der Waals surface area (Å²) < 4.78 is 10.6. The van der Waals surface area contributed by atoms with E-state index in [-0.39, 0.29) is 30.7 Å². The van der Waals surface area contributed by atoms with Gasteiger partial charge in [0.1, 0.15) is 0 Å². The summed E-state index contributed by atoms with van der Waals surface area (Å²) in [7, 11) is 0. The summed E-state index contributed by atoms with van der Waals surface area (Å²) in [6.07, 6.45) is 0. The molecule has 442 valence electrons. The molecule has 0 spiro atoms. The van der Waals surface area contributed by atoms with Crippen LogP contribution in [0.15, 0.2) is 289 Å². The minimum atomic E-state index is -0.154. The number of benzene rings is 14. The summed E-state index contributed by atoms with van der Waals surface area (Å²) in [6.45, 7) is 4.84. The summed E-state index contributed by atoms with van der Waals surface area (Å²) in [5.41, 5.74) is 36.8. The van der Waals surface area contributed by atoms with Crippen LogP contribution in [0.3, 0.4) is 0 Å². The standard InChI is InChI=1S/C89H54B2N4S/c1-89(2)65-33-10-3-25-60(65)80(61-26-4-11-34-66(61)89)50-45-77-83-78(46-50)95-74-41-15-8-24-56(74)64-43-49(44-70(87(64)95)91(83)69-37-20-31-59-55-23-7-14-40-73(55)94(77)86(59)69)52-28-17-32-63-81(62-27-9-16-42-79(62)96-88(52)63)51-47-75-82-76(48-51)93-72-39-13-6-22-54(72)58-30-19-36-68(85(58)93)90(82)67-35-18-29-57-53-21-5-12-38-71(53)92(75)84(57)67/h3-48,80-81H,1-2H3. The van der Waals surface area contributed by atoms with E-state index in [4.69, 9.17) is 0 Å². The van der Waals surface area contributed by atoms with Crippen LogP contribution in [0.1, 0.15) is 70.2 Å². The second-order valence-electron chi connectivity index (χ2n) is 28.4. The highest BCUT2D eigenvalue weighted by molar-refractivity contribution is 7.99. The maximum atomic E-state index is 2.68. The predicted octanol–water partition coefficient (Wildman–Crippen LogP) is 17.5. The molecule has 24 rings (SSSR count). The minimum Gasteiger partial charge on any atom is -0.310 e. The van der Waals surface area contributed by atoms with E-state index in [0.29, 0.717) is 0 Å². The Kier molecular flexibility index (Phi) is 9.47. The number of hydrogen-bond donors (Lipinski definition) is 0. The van der Waals surface area contributed by atoms with Crippen LogP contribution in [-0.4, -0.2) is 31.7 Å². The van der Waals surface area contributed by atoms with E-state index in [1.165, 1.54) is 208 Å². The Labute approximate surface area is 558 Å². The number of para-hydroxylation sites is 7. The van der Waals surface area contributed by atoms with Crippen LogP contribution < -0.4 is 32.8 Å². The number of rotatable bonds is 3. The van der Waals surface area contributed by atoms with Gasteiger partial charge in [-0.25, -0.2) is 0 Å². The van der Waals surface area contributed by atoms with Gasteiger partial charge in [0.25, 0.3) is 13.4 Å². The molecule has 7 heteroatoms. The van der Waals surface area contributed by atoms with E-state index in [1.807, 2.05) is 11.8 Å². The van der Waals surface area contributed by atoms with E-state index in [0.717, 1.165) is 0 Å². The van der Waals surface area contributed by atoms with Crippen molar-refractivity contribution in [2.45, 2.75) is 40.9 Å². The first-order valence-corrected chi connectivity index (χ1v) is 34.9. The average molecular weight is 1230 g/mol. The van der Waals surface area contributed by atoms with Gasteiger partial charge in [0, 0.05) is 115 Å². The molecule has 0 saturated carbocycles. The Balaban J connectivity index is 0.771. The van der Waals surface area contributed by atoms with Crippen molar-refractivity contribution in [3.63, 3.8) is 0 Å². The second-order valence-corrected chi connectivity index (χ2v) is 29.5. The quantitative estimate of drug-likeness (QED) is 0.161. The Morgan fingerprint density at radius 3 is 1.17 bits per heavy atom. The Morgan fingerprint density at radius 1 is 0.312 bits per heavy atom. The van der Waals surface area contributed by atoms with E-state index >= 15 is 0 Å². The summed E-state index contributed by atoms with van der Waals surface area (Å²) in [5, 5.41) is 10.4. The van der Waals surface area contributed by atoms with Gasteiger partial charge in [-0.15, -0.1) is 0 Å². The molecule has 6 aliphatic rings. The minimum absolute atomic E-state index is 0.0290. The molecule has 18 aromatic rings. The molecule has 4 aromatic heterocycles. The molecule has 0 radical (unpaired) electrons. The Hall–Kier alpha value is -11.2. The van der Waals surface area contributed by atoms with Crippen molar-refractivity contribution in [3.8, 4) is 33.9 Å². The van der Waals surface area contributed by atoms with Crippen LogP contribution in [0.4, 0.5) is 0 Å². The van der Waals surface area contributed by atoms with E-state index in [2.05, 4.69) is 311 Å². The molecule has 0 bridgehead atoms. The molecule has 1 atom stereocenters. The molecule has 96 heavy (non-hydrogen) atoms. The molecular formula is C89H54B2N4S. The third kappa shape index (κ3) is 6.08. The van der Waals surface area contributed by atoms with Crippen LogP contribution in [0.2, 0.25) is 0 Å². The van der Waals surface area contributed by atoms with Gasteiger partial charge in [0.05, 0.1) is 22.1 Å². The fraction of sp³-hybridized carbons (Fsp3) is 0.0562. The average Bonchev–Trinajstić information content (AvgIpc) is 1.43. The Bertz CT molecular complexity index is 6510. The maximum absolute atomic E-state index is 2.68. The largest absolute Gasteiger partial charge is 0.310 e. The Morgan fingerprint density at radius 2 is 0.677 bits per heavy atom. The lowest BCUT2D eigenvalue weighted by atomic mass is 9.34. The first kappa shape index (κ1) is 51.2. The summed E-state index contributed by atoms with van der Waals surface area (Å²) in [4.78, 5) is 2.62. The van der Waals surface area contributed by atoms with Crippen molar-refractivity contribution >= 4 is 145 Å². The smallest absolute Gasteiger partial charge is 0.252 e. The van der Waals surface area contributed by atoms with Gasteiger partial charge in [0.15, 0.2) is 0 Å². The van der Waals surface area contributed by atoms with Gasteiger partial charge in [-0.2, -0.15) is 0 Å². The first-order chi connectivity index (χ1) is 47.4. The zero-order valence-electron chi connectivity index (χ0n) is 52.6. The molecule has 14 aromatic carbocycles. The molecule has 1 aliphatic carbocycles. The van der Waals surface area contributed by atoms with Crippen LogP contribution in [0.5, 0.6) is 0 Å². The van der Waals surface area contributed by atoms with Gasteiger partial charge < -0.3 is 18.3 Å². The highest BCUT2D eigenvalue weighted by Gasteiger charge is 2.46. The molecule has 5 aliphatic heterocycles. The molecule has 0 fully saturated rings. The fourth-order valence-electron chi connectivity index (χ4n) is 20.1. The van der Waals surface area contributed by atoms with E-state index < -0.39 is 0 Å². The molecule has 0 N–H and O–H groups in total. The van der Waals surface area contributed by atoms with Gasteiger partial charge >= 0.3 is 0 Å². The van der Waals surface area contributed by atoms with Gasteiger partial charge in [-0.1, -0.05) is 244 Å². The normalized spacial score (nSPS) is 15.5. The molecule has 9 heterocycles. The molecule has 0 saturated heterocycles. The van der Waals surface area contributed by atoms with Crippen LogP contribution in [0.25, 0.3) is 121 Å². The van der Waals surface area contributed by atoms with Gasteiger partial charge in [-0.05, 0) is 149 Å². The topological polar surface area (TPSA) is 19.7 Å². The zero-order chi connectivity index (χ0) is 62.3. The number of aromatic nitrogens is 4. The van der Waals surface area contributed by atoms with Crippen molar-refractivity contribution in [2.24, 2.45) is 0 Å². The lowest BCUT2D eigenvalue weighted by molar-refractivity contribution is 0.597. The number of hydrogen-bond acceptors (Lipinski definition) is 1. The third-order valence-corrected chi connectivity index (χ3v) is 25.0. The summed E-state index contributed by atoms with van der Waals surface area (Å²) in [6, 6.07) is 109. The van der Waals surface area contributed by atoms with Crippen molar-refractivity contribution < 1.29 is 0 Å². The first-order valence-electron chi connectivity index (χ1n) is 34.0.